The third kappa shape index (κ3) is 2.02. The molecule has 3 nitrogen and oxygen atoms in total. The quantitative estimate of drug-likeness (QED) is 0.634. The van der Waals surface area contributed by atoms with E-state index in [1.54, 1.807) is 7.11 Å². The van der Waals surface area contributed by atoms with Crippen molar-refractivity contribution in [3.63, 3.8) is 0 Å². The van der Waals surface area contributed by atoms with Crippen molar-refractivity contribution >= 4 is 0 Å². The van der Waals surface area contributed by atoms with Gasteiger partial charge < -0.3 is 4.74 Å². The first-order valence-electron chi connectivity index (χ1n) is 6.92. The molecule has 0 spiro atoms. The minimum atomic E-state index is 0.274. The Labute approximate surface area is 109 Å². The SMILES string of the molecule is COc1cccc(C(NN)C2CC3CCC2C3)c1. The highest BCUT2D eigenvalue weighted by Gasteiger charge is 2.43. The number of hydrogen-bond donors (Lipinski definition) is 2. The second kappa shape index (κ2) is 4.90. The minimum Gasteiger partial charge on any atom is -0.497 e. The van der Waals surface area contributed by atoms with Crippen LogP contribution in [0.4, 0.5) is 0 Å². The second-order valence-corrected chi connectivity index (χ2v) is 5.76. The molecule has 1 aromatic carbocycles. The van der Waals surface area contributed by atoms with Gasteiger partial charge in [-0.25, -0.2) is 0 Å². The molecule has 0 saturated heterocycles. The summed E-state index contributed by atoms with van der Waals surface area (Å²) < 4.78 is 5.31. The normalized spacial score (nSPS) is 31.6. The molecule has 2 fully saturated rings. The van der Waals surface area contributed by atoms with Crippen LogP contribution in [0.25, 0.3) is 0 Å². The van der Waals surface area contributed by atoms with Gasteiger partial charge in [-0.1, -0.05) is 18.6 Å². The van der Waals surface area contributed by atoms with Crippen molar-refractivity contribution in [2.75, 3.05) is 7.11 Å². The molecule has 4 atom stereocenters. The van der Waals surface area contributed by atoms with Crippen LogP contribution in [0.1, 0.15) is 37.3 Å². The maximum Gasteiger partial charge on any atom is 0.119 e. The fourth-order valence-electron chi connectivity index (χ4n) is 4.00. The van der Waals surface area contributed by atoms with Gasteiger partial charge in [0.05, 0.1) is 7.11 Å². The van der Waals surface area contributed by atoms with Crippen molar-refractivity contribution in [1.82, 2.24) is 5.43 Å². The molecular formula is C15H22N2O. The highest BCUT2D eigenvalue weighted by atomic mass is 16.5. The molecule has 2 aliphatic rings. The van der Waals surface area contributed by atoms with E-state index in [1.807, 2.05) is 12.1 Å². The van der Waals surface area contributed by atoms with E-state index < -0.39 is 0 Å². The lowest BCUT2D eigenvalue weighted by Gasteiger charge is -2.30. The molecule has 4 unspecified atom stereocenters. The van der Waals surface area contributed by atoms with Gasteiger partial charge in [-0.3, -0.25) is 11.3 Å². The number of hydrazine groups is 1. The number of fused-ring (bicyclic) bond motifs is 2. The molecule has 2 bridgehead atoms. The first kappa shape index (κ1) is 12.0. The van der Waals surface area contributed by atoms with E-state index in [0.29, 0.717) is 5.92 Å². The van der Waals surface area contributed by atoms with Gasteiger partial charge in [0.1, 0.15) is 5.75 Å². The molecular weight excluding hydrogens is 224 g/mol. The number of nitrogens with one attached hydrogen (secondary N) is 1. The van der Waals surface area contributed by atoms with Gasteiger partial charge in [0, 0.05) is 6.04 Å². The smallest absolute Gasteiger partial charge is 0.119 e. The zero-order chi connectivity index (χ0) is 12.5. The van der Waals surface area contributed by atoms with Gasteiger partial charge in [-0.05, 0) is 54.7 Å². The first-order chi connectivity index (χ1) is 8.81. The van der Waals surface area contributed by atoms with Crippen LogP contribution >= 0.6 is 0 Å². The van der Waals surface area contributed by atoms with Crippen molar-refractivity contribution < 1.29 is 4.74 Å². The van der Waals surface area contributed by atoms with Crippen LogP contribution in [-0.4, -0.2) is 7.11 Å². The van der Waals surface area contributed by atoms with Gasteiger partial charge in [-0.15, -0.1) is 0 Å². The first-order valence-corrected chi connectivity index (χ1v) is 6.92. The number of methoxy groups -OCH3 is 1. The third-order valence-electron chi connectivity index (χ3n) is 4.85. The summed E-state index contributed by atoms with van der Waals surface area (Å²) in [6, 6.07) is 8.56. The highest BCUT2D eigenvalue weighted by Crippen LogP contribution is 2.52. The van der Waals surface area contributed by atoms with Gasteiger partial charge in [0.25, 0.3) is 0 Å². The summed E-state index contributed by atoms with van der Waals surface area (Å²) in [6.07, 6.45) is 5.55. The average Bonchev–Trinajstić information content (AvgIpc) is 3.02. The molecule has 0 amide bonds. The Morgan fingerprint density at radius 2 is 2.22 bits per heavy atom. The summed E-state index contributed by atoms with van der Waals surface area (Å²) in [5, 5.41) is 0. The topological polar surface area (TPSA) is 47.3 Å². The van der Waals surface area contributed by atoms with E-state index in [4.69, 9.17) is 10.6 Å². The lowest BCUT2D eigenvalue weighted by molar-refractivity contribution is 0.251. The predicted octanol–water partition coefficient (Wildman–Crippen LogP) is 2.64. The fourth-order valence-corrected chi connectivity index (χ4v) is 4.00. The molecule has 0 heterocycles. The van der Waals surface area contributed by atoms with Crippen molar-refractivity contribution in [1.29, 1.82) is 0 Å². The molecule has 18 heavy (non-hydrogen) atoms. The largest absolute Gasteiger partial charge is 0.497 e. The monoisotopic (exact) mass is 246 g/mol. The number of nitrogens with two attached hydrogens (primary N) is 1. The Bertz CT molecular complexity index is 421. The van der Waals surface area contributed by atoms with Crippen molar-refractivity contribution in [2.24, 2.45) is 23.6 Å². The van der Waals surface area contributed by atoms with E-state index in [0.717, 1.165) is 17.6 Å². The van der Waals surface area contributed by atoms with Crippen LogP contribution in [0.2, 0.25) is 0 Å². The summed E-state index contributed by atoms with van der Waals surface area (Å²) in [7, 11) is 1.71. The Kier molecular flexibility index (Phi) is 3.27. The van der Waals surface area contributed by atoms with E-state index in [2.05, 4.69) is 17.6 Å². The Morgan fingerprint density at radius 1 is 1.33 bits per heavy atom. The summed E-state index contributed by atoms with van der Waals surface area (Å²) in [5.74, 6) is 9.23. The summed E-state index contributed by atoms with van der Waals surface area (Å²) in [5.41, 5.74) is 4.30. The standard InChI is InChI=1S/C15H22N2O/c1-18-13-4-2-3-12(9-13)15(17-16)14-8-10-5-6-11(14)7-10/h2-4,9-11,14-15,17H,5-8,16H2,1H3. The zero-order valence-electron chi connectivity index (χ0n) is 10.9. The van der Waals surface area contributed by atoms with E-state index >= 15 is 0 Å². The van der Waals surface area contributed by atoms with Crippen LogP contribution in [-0.2, 0) is 0 Å². The van der Waals surface area contributed by atoms with E-state index in [9.17, 15) is 0 Å². The molecule has 1 aromatic rings. The molecule has 98 valence electrons. The molecule has 3 N–H and O–H groups in total. The van der Waals surface area contributed by atoms with Crippen molar-refractivity contribution in [3.05, 3.63) is 29.8 Å². The van der Waals surface area contributed by atoms with Crippen LogP contribution in [0, 0.1) is 17.8 Å². The lowest BCUT2D eigenvalue weighted by atomic mass is 9.81. The Balaban J connectivity index is 1.83. The molecule has 2 saturated carbocycles. The van der Waals surface area contributed by atoms with E-state index in [-0.39, 0.29) is 6.04 Å². The zero-order valence-corrected chi connectivity index (χ0v) is 10.9. The minimum absolute atomic E-state index is 0.274. The molecule has 0 aliphatic heterocycles. The van der Waals surface area contributed by atoms with Crippen LogP contribution < -0.4 is 16.0 Å². The van der Waals surface area contributed by atoms with Gasteiger partial charge >= 0.3 is 0 Å². The molecule has 3 heteroatoms. The van der Waals surface area contributed by atoms with E-state index in [1.165, 1.54) is 31.2 Å². The number of benzene rings is 1. The fraction of sp³-hybridized carbons (Fsp3) is 0.600. The van der Waals surface area contributed by atoms with Crippen molar-refractivity contribution in [2.45, 2.75) is 31.7 Å². The molecule has 2 aliphatic carbocycles. The van der Waals surface area contributed by atoms with Crippen LogP contribution in [0.3, 0.4) is 0 Å². The van der Waals surface area contributed by atoms with Gasteiger partial charge in [-0.2, -0.15) is 0 Å². The highest BCUT2D eigenvalue weighted by molar-refractivity contribution is 5.31. The molecule has 3 rings (SSSR count). The maximum atomic E-state index is 5.82. The number of ether oxygens (including phenoxy) is 1. The van der Waals surface area contributed by atoms with Crippen molar-refractivity contribution in [3.8, 4) is 5.75 Å². The number of rotatable bonds is 4. The van der Waals surface area contributed by atoms with Crippen LogP contribution in [0.5, 0.6) is 5.75 Å². The number of hydrogen-bond acceptors (Lipinski definition) is 3. The summed E-state index contributed by atoms with van der Waals surface area (Å²) in [4.78, 5) is 0. The molecule has 0 radical (unpaired) electrons. The summed E-state index contributed by atoms with van der Waals surface area (Å²) >= 11 is 0. The Morgan fingerprint density at radius 3 is 2.83 bits per heavy atom. The Hall–Kier alpha value is -1.06. The summed E-state index contributed by atoms with van der Waals surface area (Å²) in [6.45, 7) is 0. The molecule has 0 aromatic heterocycles. The predicted molar refractivity (Wildman–Crippen MR) is 72.0 cm³/mol. The maximum absolute atomic E-state index is 5.82. The average molecular weight is 246 g/mol. The van der Waals surface area contributed by atoms with Crippen LogP contribution in [0.15, 0.2) is 24.3 Å². The van der Waals surface area contributed by atoms with Gasteiger partial charge in [0.15, 0.2) is 0 Å². The van der Waals surface area contributed by atoms with Gasteiger partial charge in [0.2, 0.25) is 0 Å². The third-order valence-corrected chi connectivity index (χ3v) is 4.85. The lowest BCUT2D eigenvalue weighted by Crippen LogP contribution is -2.35. The second-order valence-electron chi connectivity index (χ2n) is 5.76.